The third-order valence-electron chi connectivity index (χ3n) is 4.95. The van der Waals surface area contributed by atoms with Crippen LogP contribution in [0.3, 0.4) is 0 Å². The maximum Gasteiger partial charge on any atom is 0.342 e. The number of hydrogen-bond donors (Lipinski definition) is 1. The van der Waals surface area contributed by atoms with Crippen molar-refractivity contribution in [1.82, 2.24) is 5.32 Å². The van der Waals surface area contributed by atoms with Crippen molar-refractivity contribution >= 4 is 11.9 Å². The second kappa shape index (κ2) is 7.20. The predicted molar refractivity (Wildman–Crippen MR) is 87.2 cm³/mol. The van der Waals surface area contributed by atoms with E-state index in [9.17, 15) is 9.59 Å². The van der Waals surface area contributed by atoms with E-state index in [2.05, 4.69) is 19.2 Å². The highest BCUT2D eigenvalue weighted by Gasteiger charge is 2.30. The standard InChI is InChI=1S/C18H27NO4/c1-10-7-6-8-16(12(10)3)19-17(20)14(5)23-18(21)15-9-11(2)22-13(15)4/h9-10,12,14,16H,6-8H2,1-5H3,(H,19,20)/t10-,12-,14-,16-/m0/s1. The molecule has 1 aromatic heterocycles. The first-order valence-corrected chi connectivity index (χ1v) is 8.38. The molecule has 0 saturated heterocycles. The fourth-order valence-electron chi connectivity index (χ4n) is 3.20. The number of nitrogens with one attached hydrogen (secondary N) is 1. The minimum absolute atomic E-state index is 0.158. The zero-order valence-electron chi connectivity index (χ0n) is 14.6. The molecule has 1 N–H and O–H groups in total. The summed E-state index contributed by atoms with van der Waals surface area (Å²) in [6.45, 7) is 9.47. The summed E-state index contributed by atoms with van der Waals surface area (Å²) in [7, 11) is 0. The van der Waals surface area contributed by atoms with Gasteiger partial charge in [0.1, 0.15) is 17.1 Å². The second-order valence-electron chi connectivity index (χ2n) is 6.76. The van der Waals surface area contributed by atoms with Crippen molar-refractivity contribution in [2.75, 3.05) is 0 Å². The quantitative estimate of drug-likeness (QED) is 0.863. The molecule has 5 heteroatoms. The van der Waals surface area contributed by atoms with E-state index in [1.165, 1.54) is 6.42 Å². The Kier molecular flexibility index (Phi) is 5.50. The Morgan fingerprint density at radius 2 is 2.00 bits per heavy atom. The topological polar surface area (TPSA) is 68.5 Å². The van der Waals surface area contributed by atoms with Crippen LogP contribution in [0.15, 0.2) is 10.5 Å². The van der Waals surface area contributed by atoms with Crippen molar-refractivity contribution in [3.8, 4) is 0 Å². The van der Waals surface area contributed by atoms with Gasteiger partial charge in [-0.2, -0.15) is 0 Å². The Morgan fingerprint density at radius 3 is 2.61 bits per heavy atom. The molecule has 1 saturated carbocycles. The van der Waals surface area contributed by atoms with Gasteiger partial charge in [-0.15, -0.1) is 0 Å². The molecule has 1 heterocycles. The van der Waals surface area contributed by atoms with Gasteiger partial charge >= 0.3 is 5.97 Å². The lowest BCUT2D eigenvalue weighted by Gasteiger charge is -2.35. The van der Waals surface area contributed by atoms with E-state index >= 15 is 0 Å². The highest BCUT2D eigenvalue weighted by Crippen LogP contribution is 2.29. The Bertz CT molecular complexity index is 578. The van der Waals surface area contributed by atoms with Crippen LogP contribution in [0.5, 0.6) is 0 Å². The Labute approximate surface area is 137 Å². The molecule has 1 aromatic rings. The molecule has 1 aliphatic rings. The van der Waals surface area contributed by atoms with Gasteiger partial charge in [-0.25, -0.2) is 4.79 Å². The zero-order valence-corrected chi connectivity index (χ0v) is 14.6. The summed E-state index contributed by atoms with van der Waals surface area (Å²) in [4.78, 5) is 24.4. The van der Waals surface area contributed by atoms with Crippen molar-refractivity contribution in [2.24, 2.45) is 11.8 Å². The SMILES string of the molecule is Cc1cc(C(=O)O[C@@H](C)C(=O)N[C@H]2CCC[C@H](C)[C@@H]2C)c(C)o1. The summed E-state index contributed by atoms with van der Waals surface area (Å²) >= 11 is 0. The van der Waals surface area contributed by atoms with Crippen LogP contribution in [-0.4, -0.2) is 24.0 Å². The predicted octanol–water partition coefficient (Wildman–Crippen LogP) is 3.38. The summed E-state index contributed by atoms with van der Waals surface area (Å²) in [6.07, 6.45) is 2.49. The van der Waals surface area contributed by atoms with Crippen molar-refractivity contribution in [3.63, 3.8) is 0 Å². The van der Waals surface area contributed by atoms with Gasteiger partial charge in [0.15, 0.2) is 6.10 Å². The monoisotopic (exact) mass is 321 g/mol. The second-order valence-corrected chi connectivity index (χ2v) is 6.76. The van der Waals surface area contributed by atoms with E-state index in [-0.39, 0.29) is 11.9 Å². The molecule has 5 nitrogen and oxygen atoms in total. The van der Waals surface area contributed by atoms with Crippen LogP contribution < -0.4 is 5.32 Å². The van der Waals surface area contributed by atoms with E-state index in [4.69, 9.17) is 9.15 Å². The molecule has 0 aromatic carbocycles. The maximum absolute atomic E-state index is 12.3. The van der Waals surface area contributed by atoms with Gasteiger partial charge in [-0.1, -0.05) is 26.7 Å². The molecule has 2 rings (SSSR count). The fraction of sp³-hybridized carbons (Fsp3) is 0.667. The van der Waals surface area contributed by atoms with Gasteiger partial charge in [-0.3, -0.25) is 4.79 Å². The lowest BCUT2D eigenvalue weighted by atomic mass is 9.78. The van der Waals surface area contributed by atoms with Gasteiger partial charge in [-0.05, 0) is 45.1 Å². The number of aryl methyl sites for hydroxylation is 2. The molecule has 1 fully saturated rings. The Balaban J connectivity index is 1.92. The van der Waals surface area contributed by atoms with E-state index in [1.807, 2.05) is 0 Å². The number of carbonyl (C=O) groups excluding carboxylic acids is 2. The van der Waals surface area contributed by atoms with Crippen LogP contribution in [-0.2, 0) is 9.53 Å². The van der Waals surface area contributed by atoms with Crippen LogP contribution in [0.25, 0.3) is 0 Å². The minimum atomic E-state index is -0.818. The molecule has 0 unspecified atom stereocenters. The van der Waals surface area contributed by atoms with Gasteiger partial charge < -0.3 is 14.5 Å². The number of ether oxygens (including phenoxy) is 1. The normalized spacial score (nSPS) is 25.7. The van der Waals surface area contributed by atoms with Crippen molar-refractivity contribution in [3.05, 3.63) is 23.2 Å². The number of carbonyl (C=O) groups is 2. The first-order valence-electron chi connectivity index (χ1n) is 8.38. The smallest absolute Gasteiger partial charge is 0.342 e. The van der Waals surface area contributed by atoms with Gasteiger partial charge in [0, 0.05) is 6.04 Å². The van der Waals surface area contributed by atoms with Gasteiger partial charge in [0.25, 0.3) is 5.91 Å². The lowest BCUT2D eigenvalue weighted by Crippen LogP contribution is -2.47. The summed E-state index contributed by atoms with van der Waals surface area (Å²) < 4.78 is 10.6. The average Bonchev–Trinajstić information content (AvgIpc) is 2.82. The summed E-state index contributed by atoms with van der Waals surface area (Å²) in [5.74, 6) is 1.44. The average molecular weight is 321 g/mol. The van der Waals surface area contributed by atoms with Crippen molar-refractivity contribution in [2.45, 2.75) is 66.0 Å². The van der Waals surface area contributed by atoms with Crippen LogP contribution in [0.4, 0.5) is 0 Å². The zero-order chi connectivity index (χ0) is 17.1. The van der Waals surface area contributed by atoms with E-state index < -0.39 is 12.1 Å². The van der Waals surface area contributed by atoms with E-state index in [1.54, 1.807) is 26.8 Å². The molecule has 0 radical (unpaired) electrons. The molecule has 128 valence electrons. The summed E-state index contributed by atoms with van der Waals surface area (Å²) in [5.41, 5.74) is 0.377. The maximum atomic E-state index is 12.3. The molecular weight excluding hydrogens is 294 g/mol. The number of furan rings is 1. The van der Waals surface area contributed by atoms with E-state index in [0.29, 0.717) is 28.9 Å². The summed E-state index contributed by atoms with van der Waals surface area (Å²) in [6, 6.07) is 1.79. The minimum Gasteiger partial charge on any atom is -0.466 e. The largest absolute Gasteiger partial charge is 0.466 e. The molecule has 0 aliphatic heterocycles. The van der Waals surface area contributed by atoms with Gasteiger partial charge in [0.05, 0.1) is 0 Å². The molecule has 23 heavy (non-hydrogen) atoms. The summed E-state index contributed by atoms with van der Waals surface area (Å²) in [5, 5.41) is 3.04. The number of hydrogen-bond acceptors (Lipinski definition) is 4. The van der Waals surface area contributed by atoms with Crippen molar-refractivity contribution in [1.29, 1.82) is 0 Å². The van der Waals surface area contributed by atoms with Gasteiger partial charge in [0.2, 0.25) is 0 Å². The van der Waals surface area contributed by atoms with Crippen LogP contribution in [0.1, 0.15) is 61.9 Å². The highest BCUT2D eigenvalue weighted by molar-refractivity contribution is 5.93. The van der Waals surface area contributed by atoms with Crippen LogP contribution in [0.2, 0.25) is 0 Å². The molecule has 1 amide bonds. The Morgan fingerprint density at radius 1 is 1.30 bits per heavy atom. The van der Waals surface area contributed by atoms with Crippen LogP contribution in [0, 0.1) is 25.7 Å². The lowest BCUT2D eigenvalue weighted by molar-refractivity contribution is -0.130. The molecule has 4 atom stereocenters. The first kappa shape index (κ1) is 17.6. The van der Waals surface area contributed by atoms with Crippen LogP contribution >= 0.6 is 0 Å². The molecule has 1 aliphatic carbocycles. The fourth-order valence-corrected chi connectivity index (χ4v) is 3.20. The molecule has 0 bridgehead atoms. The third-order valence-corrected chi connectivity index (χ3v) is 4.95. The molecular formula is C18H27NO4. The number of rotatable bonds is 4. The Hall–Kier alpha value is -1.78. The number of amides is 1. The third kappa shape index (κ3) is 4.15. The van der Waals surface area contributed by atoms with E-state index in [0.717, 1.165) is 12.8 Å². The highest BCUT2D eigenvalue weighted by atomic mass is 16.5. The first-order chi connectivity index (χ1) is 10.8. The number of esters is 1. The molecule has 0 spiro atoms. The van der Waals surface area contributed by atoms with Crippen molar-refractivity contribution < 1.29 is 18.7 Å².